The Morgan fingerprint density at radius 3 is 2.21 bits per heavy atom. The Hall–Kier alpha value is -0.570. The molecule has 1 amide bonds. The Balaban J connectivity index is 1.49. The lowest BCUT2D eigenvalue weighted by Gasteiger charge is -2.58. The van der Waals surface area contributed by atoms with Crippen molar-refractivity contribution in [3.05, 3.63) is 0 Å². The second-order valence-corrected chi connectivity index (χ2v) is 7.99. The van der Waals surface area contributed by atoms with Crippen molar-refractivity contribution in [3.63, 3.8) is 0 Å². The van der Waals surface area contributed by atoms with Crippen LogP contribution in [0.2, 0.25) is 0 Å². The topological polar surface area (TPSA) is 46.3 Å². The fourth-order valence-electron chi connectivity index (χ4n) is 5.96. The molecule has 0 aromatic carbocycles. The Labute approximate surface area is 115 Å². The molecule has 3 heteroatoms. The Morgan fingerprint density at radius 2 is 1.68 bits per heavy atom. The van der Waals surface area contributed by atoms with Crippen LogP contribution in [0.4, 0.5) is 0 Å². The van der Waals surface area contributed by atoms with Gasteiger partial charge < -0.3 is 10.6 Å². The number of hydrogen-bond acceptors (Lipinski definition) is 2. The van der Waals surface area contributed by atoms with Crippen LogP contribution < -0.4 is 5.73 Å². The van der Waals surface area contributed by atoms with Gasteiger partial charge >= 0.3 is 0 Å². The average Bonchev–Trinajstić information content (AvgIpc) is 2.31. The Bertz CT molecular complexity index is 357. The van der Waals surface area contributed by atoms with E-state index >= 15 is 0 Å². The second kappa shape index (κ2) is 4.21. The molecule has 1 atom stereocenters. The van der Waals surface area contributed by atoms with Crippen molar-refractivity contribution in [3.8, 4) is 0 Å². The fraction of sp³-hybridized carbons (Fsp3) is 0.938. The maximum atomic E-state index is 12.2. The van der Waals surface area contributed by atoms with Gasteiger partial charge in [-0.25, -0.2) is 0 Å². The molecule has 1 saturated heterocycles. The monoisotopic (exact) mass is 262 g/mol. The zero-order chi connectivity index (χ0) is 13.0. The van der Waals surface area contributed by atoms with E-state index in [0.29, 0.717) is 17.7 Å². The van der Waals surface area contributed by atoms with Gasteiger partial charge in [-0.2, -0.15) is 0 Å². The zero-order valence-electron chi connectivity index (χ0n) is 11.8. The van der Waals surface area contributed by atoms with Gasteiger partial charge in [-0.3, -0.25) is 4.79 Å². The largest absolute Gasteiger partial charge is 0.342 e. The van der Waals surface area contributed by atoms with Gasteiger partial charge in [0, 0.05) is 25.6 Å². The van der Waals surface area contributed by atoms with Crippen molar-refractivity contribution in [2.45, 2.75) is 57.4 Å². The molecule has 0 spiro atoms. The molecule has 19 heavy (non-hydrogen) atoms. The van der Waals surface area contributed by atoms with Crippen LogP contribution in [0.25, 0.3) is 0 Å². The number of carbonyl (C=O) groups excluding carboxylic acids is 1. The van der Waals surface area contributed by atoms with Crippen LogP contribution in [0, 0.1) is 23.2 Å². The van der Waals surface area contributed by atoms with E-state index in [1.54, 1.807) is 0 Å². The first-order valence-electron chi connectivity index (χ1n) is 8.15. The van der Waals surface area contributed by atoms with Gasteiger partial charge in [-0.1, -0.05) is 0 Å². The highest BCUT2D eigenvalue weighted by atomic mass is 16.2. The third-order valence-corrected chi connectivity index (χ3v) is 6.25. The van der Waals surface area contributed by atoms with E-state index in [1.807, 2.05) is 0 Å². The van der Waals surface area contributed by atoms with E-state index in [-0.39, 0.29) is 6.04 Å². The van der Waals surface area contributed by atoms with Crippen LogP contribution in [0.3, 0.4) is 0 Å². The maximum absolute atomic E-state index is 12.2. The average molecular weight is 262 g/mol. The highest BCUT2D eigenvalue weighted by Crippen LogP contribution is 2.60. The smallest absolute Gasteiger partial charge is 0.224 e. The predicted molar refractivity (Wildman–Crippen MR) is 74.4 cm³/mol. The summed E-state index contributed by atoms with van der Waals surface area (Å²) in [6.45, 7) is 1.95. The second-order valence-electron chi connectivity index (χ2n) is 7.99. The lowest BCUT2D eigenvalue weighted by Crippen LogP contribution is -2.54. The number of carbonyl (C=O) groups is 1. The van der Waals surface area contributed by atoms with E-state index in [0.717, 1.165) is 37.3 Å². The molecule has 1 aliphatic heterocycles. The van der Waals surface area contributed by atoms with Gasteiger partial charge in [-0.15, -0.1) is 0 Å². The number of nitrogens with zero attached hydrogens (tertiary/aromatic N) is 1. The molecule has 106 valence electrons. The number of amides is 1. The lowest BCUT2D eigenvalue weighted by atomic mass is 9.49. The summed E-state index contributed by atoms with van der Waals surface area (Å²) in [6, 6.07) is 0.111. The molecule has 0 aromatic rings. The minimum Gasteiger partial charge on any atom is -0.342 e. The summed E-state index contributed by atoms with van der Waals surface area (Å²) in [5.74, 6) is 3.25. The first-order valence-corrected chi connectivity index (χ1v) is 8.15. The zero-order valence-corrected chi connectivity index (χ0v) is 11.8. The number of piperidine rings is 1. The molecule has 4 bridgehead atoms. The van der Waals surface area contributed by atoms with Crippen molar-refractivity contribution >= 4 is 5.91 Å². The number of hydrogen-bond donors (Lipinski definition) is 1. The van der Waals surface area contributed by atoms with Crippen LogP contribution in [0.1, 0.15) is 51.4 Å². The minimum absolute atomic E-state index is 0.111. The first-order chi connectivity index (χ1) is 9.12. The van der Waals surface area contributed by atoms with E-state index in [2.05, 4.69) is 4.90 Å². The normalized spacial score (nSPS) is 48.9. The van der Waals surface area contributed by atoms with Gasteiger partial charge in [0.25, 0.3) is 0 Å². The SMILES string of the molecule is NC1CCN(CC23CC4CC(CC(C4)C2)C3)C(=O)C1. The number of likely N-dealkylation sites (tertiary alicyclic amines) is 1. The van der Waals surface area contributed by atoms with Crippen LogP contribution in [0.5, 0.6) is 0 Å². The summed E-state index contributed by atoms with van der Waals surface area (Å²) in [5, 5.41) is 0. The summed E-state index contributed by atoms with van der Waals surface area (Å²) in [7, 11) is 0. The van der Waals surface area contributed by atoms with Crippen molar-refractivity contribution < 1.29 is 4.79 Å². The molecule has 1 heterocycles. The van der Waals surface area contributed by atoms with E-state index in [9.17, 15) is 4.79 Å². The van der Waals surface area contributed by atoms with Gasteiger partial charge in [-0.05, 0) is 68.1 Å². The fourth-order valence-corrected chi connectivity index (χ4v) is 5.96. The van der Waals surface area contributed by atoms with Gasteiger partial charge in [0.05, 0.1) is 0 Å². The highest BCUT2D eigenvalue weighted by molar-refractivity contribution is 5.77. The van der Waals surface area contributed by atoms with Crippen molar-refractivity contribution in [1.29, 1.82) is 0 Å². The van der Waals surface area contributed by atoms with Gasteiger partial charge in [0.1, 0.15) is 0 Å². The summed E-state index contributed by atoms with van der Waals surface area (Å²) in [4.78, 5) is 14.3. The summed E-state index contributed by atoms with van der Waals surface area (Å²) in [5.41, 5.74) is 6.39. The Morgan fingerprint density at radius 1 is 1.11 bits per heavy atom. The summed E-state index contributed by atoms with van der Waals surface area (Å²) >= 11 is 0. The first kappa shape index (κ1) is 12.2. The molecular weight excluding hydrogens is 236 g/mol. The van der Waals surface area contributed by atoms with Crippen molar-refractivity contribution in [2.75, 3.05) is 13.1 Å². The number of rotatable bonds is 2. The quantitative estimate of drug-likeness (QED) is 0.829. The molecular formula is C16H26N2O. The molecule has 0 radical (unpaired) electrons. The molecule has 2 N–H and O–H groups in total. The van der Waals surface area contributed by atoms with Crippen LogP contribution in [0.15, 0.2) is 0 Å². The molecule has 1 unspecified atom stereocenters. The lowest BCUT2D eigenvalue weighted by molar-refractivity contribution is -0.140. The molecule has 5 aliphatic rings. The third kappa shape index (κ3) is 2.10. The standard InChI is InChI=1S/C16H26N2O/c17-14-1-2-18(15(19)6-14)10-16-7-11-3-12(8-16)5-13(4-11)9-16/h11-14H,1-10,17H2. The van der Waals surface area contributed by atoms with Gasteiger partial charge in [0.2, 0.25) is 5.91 Å². The van der Waals surface area contributed by atoms with Crippen LogP contribution in [-0.4, -0.2) is 29.9 Å². The number of nitrogens with two attached hydrogens (primary N) is 1. The van der Waals surface area contributed by atoms with E-state index < -0.39 is 0 Å². The van der Waals surface area contributed by atoms with Crippen LogP contribution in [-0.2, 0) is 4.79 Å². The summed E-state index contributed by atoms with van der Waals surface area (Å²) in [6.07, 6.45) is 10.2. The van der Waals surface area contributed by atoms with Crippen molar-refractivity contribution in [2.24, 2.45) is 28.9 Å². The molecule has 5 rings (SSSR count). The van der Waals surface area contributed by atoms with E-state index in [4.69, 9.17) is 5.73 Å². The van der Waals surface area contributed by atoms with E-state index in [1.165, 1.54) is 38.5 Å². The third-order valence-electron chi connectivity index (χ3n) is 6.25. The maximum Gasteiger partial charge on any atom is 0.224 e. The minimum atomic E-state index is 0.111. The molecule has 4 saturated carbocycles. The molecule has 5 fully saturated rings. The molecule has 4 aliphatic carbocycles. The predicted octanol–water partition coefficient (Wildman–Crippen LogP) is 2.15. The molecule has 3 nitrogen and oxygen atoms in total. The molecule has 0 aromatic heterocycles. The highest BCUT2D eigenvalue weighted by Gasteiger charge is 2.51. The van der Waals surface area contributed by atoms with Crippen LogP contribution >= 0.6 is 0 Å². The Kier molecular flexibility index (Phi) is 2.70. The van der Waals surface area contributed by atoms with Gasteiger partial charge in [0.15, 0.2) is 0 Å². The summed E-state index contributed by atoms with van der Waals surface area (Å²) < 4.78 is 0. The van der Waals surface area contributed by atoms with Crippen molar-refractivity contribution in [1.82, 2.24) is 4.90 Å².